The van der Waals surface area contributed by atoms with E-state index >= 15 is 0 Å². The van der Waals surface area contributed by atoms with Crippen LogP contribution in [-0.2, 0) is 4.74 Å². The van der Waals surface area contributed by atoms with Crippen molar-refractivity contribution in [1.82, 2.24) is 10.2 Å². The summed E-state index contributed by atoms with van der Waals surface area (Å²) < 4.78 is 5.43. The first-order valence-corrected chi connectivity index (χ1v) is 6.81. The van der Waals surface area contributed by atoms with E-state index in [0.717, 1.165) is 26.3 Å². The molecule has 1 rings (SSSR count). The number of ether oxygens (including phenoxy) is 1. The van der Waals surface area contributed by atoms with Crippen LogP contribution in [-0.4, -0.2) is 50.3 Å². The van der Waals surface area contributed by atoms with Crippen LogP contribution in [0.1, 0.15) is 39.5 Å². The second-order valence-electron chi connectivity index (χ2n) is 4.69. The molecule has 0 spiro atoms. The molecule has 1 aliphatic rings. The van der Waals surface area contributed by atoms with Crippen molar-refractivity contribution in [1.29, 1.82) is 0 Å². The summed E-state index contributed by atoms with van der Waals surface area (Å²) in [6, 6.07) is 1.39. The summed E-state index contributed by atoms with van der Waals surface area (Å²) in [6.45, 7) is 8.09. The monoisotopic (exact) mass is 228 g/mol. The zero-order valence-corrected chi connectivity index (χ0v) is 11.2. The number of nitrogens with zero attached hydrogens (tertiary/aromatic N) is 1. The molecule has 0 bridgehead atoms. The van der Waals surface area contributed by atoms with Crippen molar-refractivity contribution >= 4 is 0 Å². The van der Waals surface area contributed by atoms with Crippen LogP contribution in [0.15, 0.2) is 0 Å². The van der Waals surface area contributed by atoms with Gasteiger partial charge in [0.2, 0.25) is 0 Å². The van der Waals surface area contributed by atoms with Crippen LogP contribution in [0.25, 0.3) is 0 Å². The van der Waals surface area contributed by atoms with Gasteiger partial charge in [-0.25, -0.2) is 0 Å². The molecule has 1 N–H and O–H groups in total. The van der Waals surface area contributed by atoms with Gasteiger partial charge in [0.25, 0.3) is 0 Å². The molecule has 2 atom stereocenters. The molecule has 3 nitrogen and oxygen atoms in total. The van der Waals surface area contributed by atoms with Gasteiger partial charge in [-0.05, 0) is 33.4 Å². The SMILES string of the molecule is CCNC1CCCCC1N(C)CCOCC. The number of hydrogen-bond donors (Lipinski definition) is 1. The molecule has 0 aromatic rings. The number of hydrogen-bond acceptors (Lipinski definition) is 3. The van der Waals surface area contributed by atoms with Crippen molar-refractivity contribution in [3.05, 3.63) is 0 Å². The summed E-state index contributed by atoms with van der Waals surface area (Å²) in [7, 11) is 2.24. The molecule has 0 aliphatic heterocycles. The highest BCUT2D eigenvalue weighted by Crippen LogP contribution is 2.22. The largest absolute Gasteiger partial charge is 0.380 e. The summed E-state index contributed by atoms with van der Waals surface area (Å²) >= 11 is 0. The van der Waals surface area contributed by atoms with Crippen molar-refractivity contribution in [3.8, 4) is 0 Å². The molecule has 0 aromatic carbocycles. The van der Waals surface area contributed by atoms with Gasteiger partial charge >= 0.3 is 0 Å². The fraction of sp³-hybridized carbons (Fsp3) is 1.00. The van der Waals surface area contributed by atoms with E-state index in [1.165, 1.54) is 25.7 Å². The summed E-state index contributed by atoms with van der Waals surface area (Å²) in [5.74, 6) is 0. The molecular formula is C13H28N2O. The fourth-order valence-electron chi connectivity index (χ4n) is 2.66. The van der Waals surface area contributed by atoms with Gasteiger partial charge in [-0.1, -0.05) is 19.8 Å². The standard InChI is InChI=1S/C13H28N2O/c1-4-14-12-8-6-7-9-13(12)15(3)10-11-16-5-2/h12-14H,4-11H2,1-3H3. The van der Waals surface area contributed by atoms with E-state index in [-0.39, 0.29) is 0 Å². The minimum atomic E-state index is 0.686. The van der Waals surface area contributed by atoms with E-state index in [1.807, 2.05) is 0 Å². The second kappa shape index (κ2) is 8.04. The lowest BCUT2D eigenvalue weighted by molar-refractivity contribution is 0.0854. The first-order chi connectivity index (χ1) is 7.79. The minimum Gasteiger partial charge on any atom is -0.380 e. The Labute approximate surface area is 101 Å². The lowest BCUT2D eigenvalue weighted by Crippen LogP contribution is -2.51. The molecular weight excluding hydrogens is 200 g/mol. The third-order valence-corrected chi connectivity index (χ3v) is 3.55. The van der Waals surface area contributed by atoms with Gasteiger partial charge in [0.15, 0.2) is 0 Å². The molecule has 3 heteroatoms. The van der Waals surface area contributed by atoms with Gasteiger partial charge in [0.1, 0.15) is 0 Å². The Hall–Kier alpha value is -0.120. The maximum atomic E-state index is 5.43. The molecule has 96 valence electrons. The highest BCUT2D eigenvalue weighted by atomic mass is 16.5. The Bertz CT molecular complexity index is 173. The quantitative estimate of drug-likeness (QED) is 0.673. The molecule has 0 radical (unpaired) electrons. The molecule has 0 amide bonds. The van der Waals surface area contributed by atoms with E-state index < -0.39 is 0 Å². The minimum absolute atomic E-state index is 0.686. The molecule has 0 saturated heterocycles. The van der Waals surface area contributed by atoms with E-state index in [1.54, 1.807) is 0 Å². The summed E-state index contributed by atoms with van der Waals surface area (Å²) in [6.07, 6.45) is 5.43. The normalized spacial score (nSPS) is 26.2. The smallest absolute Gasteiger partial charge is 0.0593 e. The first kappa shape index (κ1) is 13.9. The molecule has 1 fully saturated rings. The van der Waals surface area contributed by atoms with Gasteiger partial charge in [-0.2, -0.15) is 0 Å². The Balaban J connectivity index is 2.34. The van der Waals surface area contributed by atoms with Gasteiger partial charge in [-0.3, -0.25) is 4.90 Å². The van der Waals surface area contributed by atoms with Crippen LogP contribution >= 0.6 is 0 Å². The Kier molecular flexibility index (Phi) is 7.01. The zero-order valence-electron chi connectivity index (χ0n) is 11.2. The van der Waals surface area contributed by atoms with E-state index in [9.17, 15) is 0 Å². The Morgan fingerprint density at radius 2 is 2.00 bits per heavy atom. The van der Waals surface area contributed by atoms with Crippen LogP contribution in [0.3, 0.4) is 0 Å². The van der Waals surface area contributed by atoms with Crippen LogP contribution < -0.4 is 5.32 Å². The molecule has 0 heterocycles. The van der Waals surface area contributed by atoms with Crippen LogP contribution in [0.4, 0.5) is 0 Å². The van der Waals surface area contributed by atoms with E-state index in [2.05, 4.69) is 31.1 Å². The molecule has 2 unspecified atom stereocenters. The zero-order chi connectivity index (χ0) is 11.8. The summed E-state index contributed by atoms with van der Waals surface area (Å²) in [4.78, 5) is 2.47. The van der Waals surface area contributed by atoms with Crippen LogP contribution in [0, 0.1) is 0 Å². The highest BCUT2D eigenvalue weighted by Gasteiger charge is 2.27. The molecule has 1 saturated carbocycles. The van der Waals surface area contributed by atoms with Crippen molar-refractivity contribution < 1.29 is 4.74 Å². The summed E-state index contributed by atoms with van der Waals surface area (Å²) in [5, 5.41) is 3.62. The third kappa shape index (κ3) is 4.40. The predicted molar refractivity (Wildman–Crippen MR) is 68.8 cm³/mol. The average Bonchev–Trinajstić information content (AvgIpc) is 2.30. The molecule has 0 aromatic heterocycles. The highest BCUT2D eigenvalue weighted by molar-refractivity contribution is 4.86. The van der Waals surface area contributed by atoms with E-state index in [0.29, 0.717) is 12.1 Å². The topological polar surface area (TPSA) is 24.5 Å². The Morgan fingerprint density at radius 1 is 1.25 bits per heavy atom. The lowest BCUT2D eigenvalue weighted by Gasteiger charge is -2.38. The maximum Gasteiger partial charge on any atom is 0.0593 e. The van der Waals surface area contributed by atoms with Crippen molar-refractivity contribution in [2.24, 2.45) is 0 Å². The predicted octanol–water partition coefficient (Wildman–Crippen LogP) is 1.88. The second-order valence-corrected chi connectivity index (χ2v) is 4.69. The van der Waals surface area contributed by atoms with Crippen molar-refractivity contribution in [3.63, 3.8) is 0 Å². The average molecular weight is 228 g/mol. The summed E-state index contributed by atoms with van der Waals surface area (Å²) in [5.41, 5.74) is 0. The van der Waals surface area contributed by atoms with Gasteiger partial charge in [0, 0.05) is 25.2 Å². The van der Waals surface area contributed by atoms with Crippen molar-refractivity contribution in [2.75, 3.05) is 33.4 Å². The van der Waals surface area contributed by atoms with Crippen LogP contribution in [0.5, 0.6) is 0 Å². The lowest BCUT2D eigenvalue weighted by atomic mass is 9.89. The third-order valence-electron chi connectivity index (χ3n) is 3.55. The van der Waals surface area contributed by atoms with Crippen molar-refractivity contribution in [2.45, 2.75) is 51.6 Å². The van der Waals surface area contributed by atoms with E-state index in [4.69, 9.17) is 4.74 Å². The Morgan fingerprint density at radius 3 is 2.69 bits per heavy atom. The fourth-order valence-corrected chi connectivity index (χ4v) is 2.66. The molecule has 1 aliphatic carbocycles. The van der Waals surface area contributed by atoms with Crippen LogP contribution in [0.2, 0.25) is 0 Å². The number of nitrogens with one attached hydrogen (secondary N) is 1. The van der Waals surface area contributed by atoms with Gasteiger partial charge in [-0.15, -0.1) is 0 Å². The van der Waals surface area contributed by atoms with Gasteiger partial charge in [0.05, 0.1) is 6.61 Å². The number of rotatable bonds is 7. The number of likely N-dealkylation sites (N-methyl/N-ethyl adjacent to an activating group) is 2. The molecule has 16 heavy (non-hydrogen) atoms. The maximum absolute atomic E-state index is 5.43. The van der Waals surface area contributed by atoms with Gasteiger partial charge < -0.3 is 10.1 Å². The first-order valence-electron chi connectivity index (χ1n) is 6.81.